The van der Waals surface area contributed by atoms with Gasteiger partial charge in [-0.3, -0.25) is 4.79 Å². The maximum atomic E-state index is 12.3. The molecule has 3 rings (SSSR count). The Morgan fingerprint density at radius 3 is 1.96 bits per heavy atom. The summed E-state index contributed by atoms with van der Waals surface area (Å²) in [6.45, 7) is 2.15. The van der Waals surface area contributed by atoms with Crippen LogP contribution in [0.1, 0.15) is 27.6 Å². The van der Waals surface area contributed by atoms with Crippen LogP contribution in [0.3, 0.4) is 0 Å². The fourth-order valence-electron chi connectivity index (χ4n) is 2.63. The van der Waals surface area contributed by atoms with E-state index in [9.17, 15) is 9.59 Å². The molecule has 0 aliphatic heterocycles. The normalized spacial score (nSPS) is 10.3. The number of esters is 1. The van der Waals surface area contributed by atoms with E-state index >= 15 is 0 Å². The third-order valence-electron chi connectivity index (χ3n) is 4.05. The molecule has 0 aliphatic rings. The van der Waals surface area contributed by atoms with Crippen molar-refractivity contribution in [1.82, 2.24) is 0 Å². The van der Waals surface area contributed by atoms with Crippen LogP contribution in [-0.2, 0) is 4.74 Å². The van der Waals surface area contributed by atoms with Crippen LogP contribution in [0.5, 0.6) is 5.75 Å². The molecule has 136 valence electrons. The smallest absolute Gasteiger partial charge is 0.338 e. The molecule has 4 nitrogen and oxygen atoms in total. The maximum absolute atomic E-state index is 12.3. The highest BCUT2D eigenvalue weighted by Crippen LogP contribution is 2.19. The minimum absolute atomic E-state index is 0.242. The molecule has 0 N–H and O–H groups in total. The van der Waals surface area contributed by atoms with Crippen molar-refractivity contribution < 1.29 is 19.1 Å². The van der Waals surface area contributed by atoms with Gasteiger partial charge in [-0.2, -0.15) is 0 Å². The molecule has 27 heavy (non-hydrogen) atoms. The number of carbonyl (C=O) groups excluding carboxylic acids is 2. The molecule has 0 bridgehead atoms. The molecule has 3 aromatic carbocycles. The second-order valence-corrected chi connectivity index (χ2v) is 5.90. The summed E-state index contributed by atoms with van der Waals surface area (Å²) in [5, 5.41) is 0. The Hall–Kier alpha value is -3.40. The fraction of sp³-hybridized carbons (Fsp3) is 0.130. The second-order valence-electron chi connectivity index (χ2n) is 5.90. The number of hydrogen-bond acceptors (Lipinski definition) is 4. The maximum Gasteiger partial charge on any atom is 0.338 e. The standard InChI is InChI=1S/C23H20O4/c1-2-26-21-14-12-20(13-15-21)23(25)27-16-22(24)19-10-8-18(9-11-19)17-6-4-3-5-7-17/h3-15H,2,16H2,1H3. The summed E-state index contributed by atoms with van der Waals surface area (Å²) in [6.07, 6.45) is 0. The first-order chi connectivity index (χ1) is 13.2. The van der Waals surface area contributed by atoms with E-state index < -0.39 is 5.97 Å². The van der Waals surface area contributed by atoms with Crippen LogP contribution in [0.4, 0.5) is 0 Å². The molecule has 0 radical (unpaired) electrons. The van der Waals surface area contributed by atoms with Gasteiger partial charge in [0.25, 0.3) is 0 Å². The zero-order valence-electron chi connectivity index (χ0n) is 15.1. The summed E-state index contributed by atoms with van der Waals surface area (Å²) >= 11 is 0. The molecule has 0 heterocycles. The van der Waals surface area contributed by atoms with Crippen molar-refractivity contribution in [2.75, 3.05) is 13.2 Å². The zero-order valence-corrected chi connectivity index (χ0v) is 15.1. The number of benzene rings is 3. The third-order valence-corrected chi connectivity index (χ3v) is 4.05. The van der Waals surface area contributed by atoms with E-state index in [0.717, 1.165) is 11.1 Å². The van der Waals surface area contributed by atoms with Crippen molar-refractivity contribution in [2.45, 2.75) is 6.92 Å². The molecule has 3 aromatic rings. The van der Waals surface area contributed by atoms with Gasteiger partial charge >= 0.3 is 5.97 Å². The van der Waals surface area contributed by atoms with Gasteiger partial charge in [0.05, 0.1) is 12.2 Å². The molecule has 4 heteroatoms. The van der Waals surface area contributed by atoms with Crippen LogP contribution in [0.25, 0.3) is 11.1 Å². The Balaban J connectivity index is 1.58. The quantitative estimate of drug-likeness (QED) is 0.449. The molecule has 0 spiro atoms. The van der Waals surface area contributed by atoms with Crippen LogP contribution in [0.2, 0.25) is 0 Å². The summed E-state index contributed by atoms with van der Waals surface area (Å²) in [5.41, 5.74) is 3.00. The van der Waals surface area contributed by atoms with Crippen molar-refractivity contribution in [3.8, 4) is 16.9 Å². The monoisotopic (exact) mass is 360 g/mol. The molecular weight excluding hydrogens is 340 g/mol. The van der Waals surface area contributed by atoms with Gasteiger partial charge in [0.15, 0.2) is 12.4 Å². The number of ketones is 1. The Labute approximate surface area is 158 Å². The summed E-state index contributed by atoms with van der Waals surface area (Å²) in [7, 11) is 0. The highest BCUT2D eigenvalue weighted by atomic mass is 16.5. The van der Waals surface area contributed by atoms with E-state index in [2.05, 4.69) is 0 Å². The van der Waals surface area contributed by atoms with Crippen LogP contribution >= 0.6 is 0 Å². The topological polar surface area (TPSA) is 52.6 Å². The molecule has 0 aliphatic carbocycles. The molecular formula is C23H20O4. The summed E-state index contributed by atoms with van der Waals surface area (Å²) in [4.78, 5) is 24.3. The largest absolute Gasteiger partial charge is 0.494 e. The highest BCUT2D eigenvalue weighted by molar-refractivity contribution is 5.99. The molecule has 0 saturated heterocycles. The lowest BCUT2D eigenvalue weighted by Gasteiger charge is -2.07. The van der Waals surface area contributed by atoms with Crippen LogP contribution in [-0.4, -0.2) is 25.0 Å². The fourth-order valence-corrected chi connectivity index (χ4v) is 2.63. The van der Waals surface area contributed by atoms with Crippen LogP contribution in [0.15, 0.2) is 78.9 Å². The SMILES string of the molecule is CCOc1ccc(C(=O)OCC(=O)c2ccc(-c3ccccc3)cc2)cc1. The number of rotatable bonds is 7. The van der Waals surface area contributed by atoms with Gasteiger partial charge in [0, 0.05) is 5.56 Å². The molecule has 0 aromatic heterocycles. The number of ether oxygens (including phenoxy) is 2. The van der Waals surface area contributed by atoms with Crippen LogP contribution in [0, 0.1) is 0 Å². The summed E-state index contributed by atoms with van der Waals surface area (Å²) < 4.78 is 10.5. The first-order valence-corrected chi connectivity index (χ1v) is 8.76. The number of carbonyl (C=O) groups is 2. The minimum atomic E-state index is -0.535. The lowest BCUT2D eigenvalue weighted by Crippen LogP contribution is -2.14. The number of hydrogen-bond donors (Lipinski definition) is 0. The van der Waals surface area contributed by atoms with Gasteiger partial charge < -0.3 is 9.47 Å². The number of Topliss-reactive ketones (excluding diaryl/α,β-unsaturated/α-hetero) is 1. The lowest BCUT2D eigenvalue weighted by molar-refractivity contribution is 0.0474. The van der Waals surface area contributed by atoms with E-state index in [-0.39, 0.29) is 12.4 Å². The van der Waals surface area contributed by atoms with Crippen molar-refractivity contribution in [2.24, 2.45) is 0 Å². The summed E-state index contributed by atoms with van der Waals surface area (Å²) in [6, 6.07) is 23.8. The van der Waals surface area contributed by atoms with E-state index in [0.29, 0.717) is 23.5 Å². The molecule has 0 unspecified atom stereocenters. The van der Waals surface area contributed by atoms with Crippen LogP contribution < -0.4 is 4.74 Å². The predicted octanol–water partition coefficient (Wildman–Crippen LogP) is 4.79. The average molecular weight is 360 g/mol. The van der Waals surface area contributed by atoms with Gasteiger partial charge in [0.1, 0.15) is 5.75 Å². The molecule has 0 atom stereocenters. The Morgan fingerprint density at radius 1 is 0.741 bits per heavy atom. The Morgan fingerprint density at radius 2 is 1.33 bits per heavy atom. The van der Waals surface area contributed by atoms with E-state index in [1.165, 1.54) is 0 Å². The highest BCUT2D eigenvalue weighted by Gasteiger charge is 2.12. The van der Waals surface area contributed by atoms with E-state index in [1.807, 2.05) is 49.4 Å². The van der Waals surface area contributed by atoms with Crippen molar-refractivity contribution in [3.05, 3.63) is 90.0 Å². The molecule has 0 saturated carbocycles. The Kier molecular flexibility index (Phi) is 6.00. The van der Waals surface area contributed by atoms with Gasteiger partial charge in [0.2, 0.25) is 0 Å². The Bertz CT molecular complexity index is 897. The van der Waals surface area contributed by atoms with Crippen molar-refractivity contribution in [3.63, 3.8) is 0 Å². The first-order valence-electron chi connectivity index (χ1n) is 8.76. The first kappa shape index (κ1) is 18.4. The lowest BCUT2D eigenvalue weighted by atomic mass is 10.0. The average Bonchev–Trinajstić information content (AvgIpc) is 2.73. The zero-order chi connectivity index (χ0) is 19.1. The molecule has 0 amide bonds. The van der Waals surface area contributed by atoms with E-state index in [4.69, 9.17) is 9.47 Å². The second kappa shape index (κ2) is 8.81. The van der Waals surface area contributed by atoms with Gasteiger partial charge in [-0.1, -0.05) is 54.6 Å². The van der Waals surface area contributed by atoms with Crippen molar-refractivity contribution in [1.29, 1.82) is 0 Å². The van der Waals surface area contributed by atoms with Gasteiger partial charge in [-0.25, -0.2) is 4.79 Å². The third kappa shape index (κ3) is 4.82. The van der Waals surface area contributed by atoms with E-state index in [1.54, 1.807) is 36.4 Å². The van der Waals surface area contributed by atoms with Gasteiger partial charge in [-0.15, -0.1) is 0 Å². The van der Waals surface area contributed by atoms with Crippen molar-refractivity contribution >= 4 is 11.8 Å². The van der Waals surface area contributed by atoms with Gasteiger partial charge in [-0.05, 0) is 42.3 Å². The predicted molar refractivity (Wildman–Crippen MR) is 104 cm³/mol. The molecule has 0 fully saturated rings. The summed E-state index contributed by atoms with van der Waals surface area (Å²) in [5.74, 6) is -0.0927. The minimum Gasteiger partial charge on any atom is -0.494 e.